The molecule has 6 atom stereocenters. The van der Waals surface area contributed by atoms with Crippen LogP contribution in [0.4, 0.5) is 0 Å². The van der Waals surface area contributed by atoms with E-state index in [1.807, 2.05) is 0 Å². The average molecular weight is 727 g/mol. The Kier molecular flexibility index (Phi) is 32.2. The maximum absolute atomic E-state index is 12.7. The molecule has 51 heavy (non-hydrogen) atoms. The molecule has 9 nitrogen and oxygen atoms in total. The highest BCUT2D eigenvalue weighted by Crippen LogP contribution is 2.22. The van der Waals surface area contributed by atoms with Crippen LogP contribution in [-0.2, 0) is 23.7 Å². The molecule has 1 aliphatic heterocycles. The zero-order valence-electron chi connectivity index (χ0n) is 32.6. The van der Waals surface area contributed by atoms with Crippen molar-refractivity contribution >= 4 is 5.97 Å². The summed E-state index contributed by atoms with van der Waals surface area (Å²) in [5, 5.41) is 40.0. The van der Waals surface area contributed by atoms with Crippen LogP contribution in [0.3, 0.4) is 0 Å². The summed E-state index contributed by atoms with van der Waals surface area (Å²) >= 11 is 0. The first-order valence-electron chi connectivity index (χ1n) is 20.9. The standard InChI is InChI=1S/C42H78O9/c1-3-5-7-9-11-13-15-16-17-18-19-20-21-22-24-26-28-30-32-48-34-36(35-49-42-41(47)40(46)39(45)37(33-43)51-42)50-38(44)31-29-27-25-23-14-12-10-8-6-4-2/h8,10,16-17,36-37,39-43,45-47H,3-7,9,11-15,18-35H2,1-2H3/b10-8-,17-16-. The molecule has 0 aromatic rings. The molecule has 0 amide bonds. The second-order valence-corrected chi connectivity index (χ2v) is 14.4. The fourth-order valence-corrected chi connectivity index (χ4v) is 6.25. The number of allylic oxidation sites excluding steroid dienone is 4. The van der Waals surface area contributed by atoms with E-state index < -0.39 is 43.4 Å². The number of carbonyl (C=O) groups is 1. The summed E-state index contributed by atoms with van der Waals surface area (Å²) in [5.74, 6) is -0.326. The van der Waals surface area contributed by atoms with Crippen molar-refractivity contribution in [2.75, 3.05) is 26.4 Å². The summed E-state index contributed by atoms with van der Waals surface area (Å²) in [7, 11) is 0. The van der Waals surface area contributed by atoms with E-state index in [0.717, 1.165) is 57.8 Å². The zero-order chi connectivity index (χ0) is 37.2. The van der Waals surface area contributed by atoms with Crippen LogP contribution in [-0.4, -0.2) is 89.6 Å². The molecule has 6 unspecified atom stereocenters. The van der Waals surface area contributed by atoms with E-state index in [1.165, 1.54) is 96.3 Å². The maximum Gasteiger partial charge on any atom is 0.306 e. The zero-order valence-corrected chi connectivity index (χ0v) is 32.6. The van der Waals surface area contributed by atoms with Crippen molar-refractivity contribution < 1.29 is 44.2 Å². The summed E-state index contributed by atoms with van der Waals surface area (Å²) in [5.41, 5.74) is 0. The molecule has 4 N–H and O–H groups in total. The predicted molar refractivity (Wildman–Crippen MR) is 205 cm³/mol. The summed E-state index contributed by atoms with van der Waals surface area (Å²) < 4.78 is 22.7. The van der Waals surface area contributed by atoms with E-state index >= 15 is 0 Å². The van der Waals surface area contributed by atoms with E-state index in [1.54, 1.807) is 0 Å². The number of unbranched alkanes of at least 4 members (excludes halogenated alkanes) is 20. The molecule has 0 radical (unpaired) electrons. The minimum absolute atomic E-state index is 0.116. The second-order valence-electron chi connectivity index (χ2n) is 14.4. The molecule has 0 bridgehead atoms. The van der Waals surface area contributed by atoms with Crippen LogP contribution in [0.1, 0.15) is 174 Å². The Balaban J connectivity index is 2.26. The quantitative estimate of drug-likeness (QED) is 0.0288. The predicted octanol–water partition coefficient (Wildman–Crippen LogP) is 8.64. The molecule has 0 aromatic carbocycles. The van der Waals surface area contributed by atoms with Gasteiger partial charge in [-0.1, -0.05) is 134 Å². The number of esters is 1. The van der Waals surface area contributed by atoms with Crippen molar-refractivity contribution in [3.8, 4) is 0 Å². The van der Waals surface area contributed by atoms with Gasteiger partial charge in [0.25, 0.3) is 0 Å². The Morgan fingerprint density at radius 1 is 0.608 bits per heavy atom. The van der Waals surface area contributed by atoms with Crippen LogP contribution >= 0.6 is 0 Å². The van der Waals surface area contributed by atoms with Crippen molar-refractivity contribution in [2.24, 2.45) is 0 Å². The van der Waals surface area contributed by atoms with Gasteiger partial charge in [0, 0.05) is 13.0 Å². The third-order valence-electron chi connectivity index (χ3n) is 9.57. The van der Waals surface area contributed by atoms with Gasteiger partial charge in [0.15, 0.2) is 6.29 Å². The van der Waals surface area contributed by atoms with Gasteiger partial charge in [0.2, 0.25) is 0 Å². The van der Waals surface area contributed by atoms with Crippen LogP contribution in [0.2, 0.25) is 0 Å². The summed E-state index contributed by atoms with van der Waals surface area (Å²) in [4.78, 5) is 12.7. The second kappa shape index (κ2) is 34.4. The van der Waals surface area contributed by atoms with Crippen molar-refractivity contribution in [2.45, 2.75) is 211 Å². The first kappa shape index (κ1) is 47.7. The maximum atomic E-state index is 12.7. The molecule has 1 rings (SSSR count). The summed E-state index contributed by atoms with van der Waals surface area (Å²) in [6, 6.07) is 0. The fourth-order valence-electron chi connectivity index (χ4n) is 6.25. The van der Waals surface area contributed by atoms with E-state index in [9.17, 15) is 25.2 Å². The number of hydrogen-bond donors (Lipinski definition) is 4. The van der Waals surface area contributed by atoms with Gasteiger partial charge in [-0.25, -0.2) is 0 Å². The molecular weight excluding hydrogens is 648 g/mol. The lowest BCUT2D eigenvalue weighted by molar-refractivity contribution is -0.305. The normalized spacial score (nSPS) is 21.6. The van der Waals surface area contributed by atoms with Gasteiger partial charge in [-0.3, -0.25) is 4.79 Å². The van der Waals surface area contributed by atoms with E-state index in [2.05, 4.69) is 38.2 Å². The molecule has 1 heterocycles. The Morgan fingerprint density at radius 3 is 1.67 bits per heavy atom. The van der Waals surface area contributed by atoms with Gasteiger partial charge in [-0.05, 0) is 57.8 Å². The van der Waals surface area contributed by atoms with Crippen LogP contribution in [0.15, 0.2) is 24.3 Å². The van der Waals surface area contributed by atoms with Crippen LogP contribution in [0, 0.1) is 0 Å². The Hall–Kier alpha value is -1.33. The third kappa shape index (κ3) is 26.1. The molecular formula is C42H78O9. The Morgan fingerprint density at radius 2 is 1.12 bits per heavy atom. The largest absolute Gasteiger partial charge is 0.457 e. The lowest BCUT2D eigenvalue weighted by Crippen LogP contribution is -2.59. The molecule has 0 aliphatic carbocycles. The molecule has 9 heteroatoms. The van der Waals surface area contributed by atoms with Crippen molar-refractivity contribution in [1.29, 1.82) is 0 Å². The molecule has 0 spiro atoms. The number of ether oxygens (including phenoxy) is 4. The highest BCUT2D eigenvalue weighted by atomic mass is 16.7. The highest BCUT2D eigenvalue weighted by Gasteiger charge is 2.44. The van der Waals surface area contributed by atoms with E-state index in [-0.39, 0.29) is 19.2 Å². The fraction of sp³-hybridized carbons (Fsp3) is 0.881. The number of aliphatic hydroxyl groups excluding tert-OH is 4. The number of rotatable bonds is 35. The monoisotopic (exact) mass is 727 g/mol. The number of hydrogen-bond acceptors (Lipinski definition) is 9. The Labute approximate surface area is 311 Å². The van der Waals surface area contributed by atoms with Crippen LogP contribution in [0.25, 0.3) is 0 Å². The van der Waals surface area contributed by atoms with Gasteiger partial charge in [0.05, 0.1) is 19.8 Å². The molecule has 1 aliphatic rings. The minimum Gasteiger partial charge on any atom is -0.457 e. The third-order valence-corrected chi connectivity index (χ3v) is 9.57. The molecule has 300 valence electrons. The molecule has 0 saturated carbocycles. The Bertz CT molecular complexity index is 833. The van der Waals surface area contributed by atoms with Gasteiger partial charge in [-0.15, -0.1) is 0 Å². The lowest BCUT2D eigenvalue weighted by Gasteiger charge is -2.39. The molecule has 0 aromatic heterocycles. The first-order valence-corrected chi connectivity index (χ1v) is 20.9. The number of carbonyl (C=O) groups excluding carboxylic acids is 1. The lowest BCUT2D eigenvalue weighted by atomic mass is 9.99. The van der Waals surface area contributed by atoms with Crippen molar-refractivity contribution in [3.05, 3.63) is 24.3 Å². The summed E-state index contributed by atoms with van der Waals surface area (Å²) in [6.07, 6.45) is 30.7. The summed E-state index contributed by atoms with van der Waals surface area (Å²) in [6.45, 7) is 4.47. The van der Waals surface area contributed by atoms with Gasteiger partial charge in [-0.2, -0.15) is 0 Å². The number of aliphatic hydroxyl groups is 4. The van der Waals surface area contributed by atoms with Crippen molar-refractivity contribution in [1.82, 2.24) is 0 Å². The smallest absolute Gasteiger partial charge is 0.306 e. The first-order chi connectivity index (χ1) is 24.9. The van der Waals surface area contributed by atoms with E-state index in [0.29, 0.717) is 13.0 Å². The van der Waals surface area contributed by atoms with Crippen LogP contribution < -0.4 is 0 Å². The topological polar surface area (TPSA) is 135 Å². The average Bonchev–Trinajstić information content (AvgIpc) is 3.13. The molecule has 1 saturated heterocycles. The SMILES string of the molecule is CCC/C=C\CCCCCCCC(=O)OC(COCCCCCCCCCC/C=C\CCCCCCCC)COC1OC(CO)C(O)C(O)C1O. The minimum atomic E-state index is -1.53. The van der Waals surface area contributed by atoms with Crippen LogP contribution in [0.5, 0.6) is 0 Å². The van der Waals surface area contributed by atoms with E-state index in [4.69, 9.17) is 18.9 Å². The van der Waals surface area contributed by atoms with Crippen molar-refractivity contribution in [3.63, 3.8) is 0 Å². The van der Waals surface area contributed by atoms with Gasteiger partial charge in [0.1, 0.15) is 30.5 Å². The highest BCUT2D eigenvalue weighted by molar-refractivity contribution is 5.69. The van der Waals surface area contributed by atoms with Gasteiger partial charge < -0.3 is 39.4 Å². The van der Waals surface area contributed by atoms with Gasteiger partial charge >= 0.3 is 5.97 Å². The molecule has 1 fully saturated rings.